The number of unbranched alkanes of at least 4 members (excludes halogenated alkanes) is 15. The average molecular weight is 797 g/mol. The number of allylic oxidation sites excluding steroid dienone is 1. The number of aliphatic hydroxyl groups is 7. The fourth-order valence-corrected chi connectivity index (χ4v) is 5.99. The minimum Gasteiger partial charge on any atom is -0.472 e. The van der Waals surface area contributed by atoms with E-state index in [1.165, 1.54) is 37.8 Å². The van der Waals surface area contributed by atoms with E-state index in [-0.39, 0.29) is 6.42 Å². The number of hydrogen-bond donors (Lipinski definition) is 8. The van der Waals surface area contributed by atoms with Crippen molar-refractivity contribution in [2.45, 2.75) is 210 Å². The lowest BCUT2D eigenvalue weighted by Crippen LogP contribution is -2.24. The Morgan fingerprint density at radius 2 is 1.11 bits per heavy atom. The number of aliphatic hydroxyl groups excluding tert-OH is 7. The average Bonchev–Trinajstić information content (AvgIpc) is 3.18. The van der Waals surface area contributed by atoms with Gasteiger partial charge in [0.1, 0.15) is 18.0 Å². The molecule has 7 atom stereocenters. The van der Waals surface area contributed by atoms with E-state index in [1.54, 1.807) is 0 Å². The molecule has 0 heterocycles. The van der Waals surface area contributed by atoms with Gasteiger partial charge in [-0.1, -0.05) is 124 Å². The predicted octanol–water partition coefficient (Wildman–Crippen LogP) is 6.06. The first-order valence-electron chi connectivity index (χ1n) is 21.2. The molecule has 57 heavy (non-hydrogen) atoms. The second-order valence-corrected chi connectivity index (χ2v) is 14.8. The quantitative estimate of drug-likeness (QED) is 0.0220. The van der Waals surface area contributed by atoms with Crippen LogP contribution in [0.1, 0.15) is 167 Å². The van der Waals surface area contributed by atoms with Crippen molar-refractivity contribution in [2.24, 2.45) is 0 Å². The van der Waals surface area contributed by atoms with Crippen LogP contribution < -0.4 is 0 Å². The number of rotatable bonds is 33. The molecule has 0 radical (unpaired) electrons. The molecule has 0 fully saturated rings. The molecule has 0 aliphatic heterocycles. The second kappa shape index (κ2) is 38.1. The highest BCUT2D eigenvalue weighted by molar-refractivity contribution is 5.86. The van der Waals surface area contributed by atoms with Crippen LogP contribution in [0.2, 0.25) is 0 Å². The Kier molecular flexibility index (Phi) is 35.8. The van der Waals surface area contributed by atoms with Gasteiger partial charge in [0.25, 0.3) is 0 Å². The van der Waals surface area contributed by atoms with E-state index in [4.69, 9.17) is 11.5 Å². The number of carbonyl (C=O) groups excluding carboxylic acids is 1. The van der Waals surface area contributed by atoms with Crippen LogP contribution in [-0.2, 0) is 9.59 Å². The van der Waals surface area contributed by atoms with Crippen molar-refractivity contribution in [3.05, 3.63) is 24.3 Å². The minimum atomic E-state index is -1.32. The number of carbonyl (C=O) groups is 2. The Morgan fingerprint density at radius 1 is 0.561 bits per heavy atom. The van der Waals surface area contributed by atoms with E-state index in [2.05, 4.69) is 35.5 Å². The summed E-state index contributed by atoms with van der Waals surface area (Å²) in [7, 11) is 0. The molecule has 7 unspecified atom stereocenters. The van der Waals surface area contributed by atoms with E-state index in [0.717, 1.165) is 83.5 Å². The Morgan fingerprint density at radius 3 is 1.74 bits per heavy atom. The second-order valence-electron chi connectivity index (χ2n) is 14.8. The lowest BCUT2D eigenvalue weighted by molar-refractivity contribution is -0.130. The van der Waals surface area contributed by atoms with Gasteiger partial charge >= 0.3 is 5.97 Å². The Hall–Kier alpha value is -3.42. The van der Waals surface area contributed by atoms with Crippen LogP contribution in [0, 0.1) is 47.9 Å². The van der Waals surface area contributed by atoms with Gasteiger partial charge in [-0.05, 0) is 76.7 Å². The van der Waals surface area contributed by atoms with Crippen molar-refractivity contribution >= 4 is 11.8 Å². The molecule has 8 N–H and O–H groups in total. The van der Waals surface area contributed by atoms with E-state index < -0.39 is 48.7 Å². The molecule has 0 aromatic heterocycles. The summed E-state index contributed by atoms with van der Waals surface area (Å²) in [6, 6.07) is 0. The van der Waals surface area contributed by atoms with Crippen molar-refractivity contribution in [1.82, 2.24) is 0 Å². The summed E-state index contributed by atoms with van der Waals surface area (Å²) in [5.41, 5.74) is 0. The van der Waals surface area contributed by atoms with Crippen molar-refractivity contribution in [2.75, 3.05) is 0 Å². The van der Waals surface area contributed by atoms with Crippen LogP contribution in [0.15, 0.2) is 24.3 Å². The summed E-state index contributed by atoms with van der Waals surface area (Å²) in [5.74, 6) is 16.1. The van der Waals surface area contributed by atoms with Gasteiger partial charge in [-0.2, -0.15) is 0 Å². The zero-order valence-electron chi connectivity index (χ0n) is 34.2. The third kappa shape index (κ3) is 37.9. The maximum absolute atomic E-state index is 12.2. The highest BCUT2D eigenvalue weighted by Crippen LogP contribution is 2.15. The molecule has 0 saturated heterocycles. The molecule has 0 bridgehead atoms. The largest absolute Gasteiger partial charge is 0.472 e. The van der Waals surface area contributed by atoms with Crippen molar-refractivity contribution in [3.8, 4) is 47.9 Å². The Bertz CT molecular complexity index is 1330. The maximum Gasteiger partial charge on any atom is 0.381 e. The van der Waals surface area contributed by atoms with Gasteiger partial charge in [0.2, 0.25) is 0 Å². The van der Waals surface area contributed by atoms with E-state index in [9.17, 15) is 45.3 Å². The Balaban J connectivity index is 3.68. The predicted molar refractivity (Wildman–Crippen MR) is 225 cm³/mol. The molecular weight excluding hydrogens is 725 g/mol. The van der Waals surface area contributed by atoms with Crippen LogP contribution in [-0.4, -0.2) is 95.3 Å². The number of terminal acetylenes is 1. The first kappa shape index (κ1) is 53.6. The number of aliphatic carboxylic acids is 1. The smallest absolute Gasteiger partial charge is 0.381 e. The first-order chi connectivity index (χ1) is 27.4. The summed E-state index contributed by atoms with van der Waals surface area (Å²) in [5, 5.41) is 77.1. The zero-order valence-corrected chi connectivity index (χ0v) is 34.2. The van der Waals surface area contributed by atoms with Crippen molar-refractivity contribution < 1.29 is 50.4 Å². The van der Waals surface area contributed by atoms with Crippen LogP contribution in [0.3, 0.4) is 0 Å². The van der Waals surface area contributed by atoms with E-state index >= 15 is 0 Å². The van der Waals surface area contributed by atoms with Gasteiger partial charge in [-0.25, -0.2) is 4.79 Å². The molecule has 0 amide bonds. The molecular formula is C47H72O10. The molecule has 0 aromatic rings. The molecule has 0 aliphatic rings. The van der Waals surface area contributed by atoms with Crippen LogP contribution in [0.5, 0.6) is 0 Å². The third-order valence-electron chi connectivity index (χ3n) is 9.42. The van der Waals surface area contributed by atoms with E-state index in [0.29, 0.717) is 57.1 Å². The van der Waals surface area contributed by atoms with Crippen LogP contribution >= 0.6 is 0 Å². The van der Waals surface area contributed by atoms with Crippen LogP contribution in [0.4, 0.5) is 0 Å². The topological polar surface area (TPSA) is 196 Å². The number of carboxylic acid groups (broad SMARTS) is 1. The van der Waals surface area contributed by atoms with Crippen molar-refractivity contribution in [1.29, 1.82) is 0 Å². The monoisotopic (exact) mass is 797 g/mol. The van der Waals surface area contributed by atoms with Gasteiger partial charge in [0, 0.05) is 31.6 Å². The molecule has 0 aromatic carbocycles. The van der Waals surface area contributed by atoms with Gasteiger partial charge in [-0.3, -0.25) is 4.79 Å². The summed E-state index contributed by atoms with van der Waals surface area (Å²) >= 11 is 0. The number of Topliss-reactive ketones (excluding diaryl/α,β-unsaturated/α-hetero) is 1. The third-order valence-corrected chi connectivity index (χ3v) is 9.42. The molecule has 0 spiro atoms. The summed E-state index contributed by atoms with van der Waals surface area (Å²) in [6.07, 6.45) is 27.3. The number of ketones is 1. The standard InChI is InChI=1S/C47H72O10/c1-2-39(48)35-36-44(53)33-24-32-43(52)31-23-30-42(51)29-21-16-15-20-28-41(50)27-19-13-10-12-18-26-40(49)25-17-11-8-6-4-3-5-7-9-14-22-34-45(54)46(55)37-38-47(56)57/h1,19,27,35-36,39,41-46,48,50-55H,3-18,20,22,24-26,28,31-34H2,(H,56,57)/b27-19+,36-35+. The summed E-state index contributed by atoms with van der Waals surface area (Å²) < 4.78 is 0. The fourth-order valence-electron chi connectivity index (χ4n) is 5.99. The molecule has 10 heteroatoms. The summed E-state index contributed by atoms with van der Waals surface area (Å²) in [4.78, 5) is 22.6. The number of hydrogen-bond acceptors (Lipinski definition) is 9. The highest BCUT2D eigenvalue weighted by Gasteiger charge is 2.13. The van der Waals surface area contributed by atoms with Gasteiger partial charge in [-0.15, -0.1) is 6.42 Å². The molecule has 10 nitrogen and oxygen atoms in total. The molecule has 0 aliphatic carbocycles. The van der Waals surface area contributed by atoms with Gasteiger partial charge in [0.05, 0.1) is 24.4 Å². The molecule has 0 saturated carbocycles. The fraction of sp³-hybridized carbons (Fsp3) is 0.702. The van der Waals surface area contributed by atoms with Crippen LogP contribution in [0.25, 0.3) is 0 Å². The summed E-state index contributed by atoms with van der Waals surface area (Å²) in [6.45, 7) is 0. The normalized spacial score (nSPS) is 14.8. The highest BCUT2D eigenvalue weighted by atomic mass is 16.4. The number of carboxylic acids is 1. The molecule has 0 rings (SSSR count). The first-order valence-corrected chi connectivity index (χ1v) is 21.2. The molecule has 320 valence electrons. The lowest BCUT2D eigenvalue weighted by Gasteiger charge is -2.12. The Labute approximate surface area is 343 Å². The zero-order chi connectivity index (χ0) is 42.4. The van der Waals surface area contributed by atoms with E-state index in [1.807, 2.05) is 18.1 Å². The van der Waals surface area contributed by atoms with Gasteiger partial charge < -0.3 is 40.9 Å². The lowest BCUT2D eigenvalue weighted by atomic mass is 10.0. The van der Waals surface area contributed by atoms with Crippen molar-refractivity contribution in [3.63, 3.8) is 0 Å². The van der Waals surface area contributed by atoms with Gasteiger partial charge in [0.15, 0.2) is 6.10 Å². The SMILES string of the molecule is C#CC(O)/C=C/C(O)CCCC(O)CC#CC(O)C#CCCCCC(O)/C=C/CCCCCC(=O)CCCCCCCCCCCCCC(O)C(O)C#CC(=O)O. The minimum absolute atomic E-state index is 0.198. The maximum atomic E-state index is 12.2.